The number of rotatable bonds is 9. The Kier molecular flexibility index (Phi) is 6.18. The van der Waals surface area contributed by atoms with E-state index in [4.69, 9.17) is 18.6 Å². The molecule has 0 radical (unpaired) electrons. The smallest absolute Gasteiger partial charge is 0.257 e. The first-order chi connectivity index (χ1) is 14.2. The predicted molar refractivity (Wildman–Crippen MR) is 107 cm³/mol. The number of nitrogens with zero attached hydrogens (tertiary/aromatic N) is 3. The van der Waals surface area contributed by atoms with E-state index in [0.29, 0.717) is 61.8 Å². The summed E-state index contributed by atoms with van der Waals surface area (Å²) in [6.45, 7) is 2.60. The van der Waals surface area contributed by atoms with E-state index < -0.39 is 0 Å². The molecule has 9 heteroatoms. The van der Waals surface area contributed by atoms with Crippen LogP contribution in [-0.4, -0.2) is 60.9 Å². The Hall–Kier alpha value is -2.75. The summed E-state index contributed by atoms with van der Waals surface area (Å²) in [4.78, 5) is 15.7. The number of hydrogen-bond acceptors (Lipinski definition) is 9. The van der Waals surface area contributed by atoms with Gasteiger partial charge in [0.1, 0.15) is 13.2 Å². The molecule has 0 bridgehead atoms. The molecule has 4 rings (SSSR count). The maximum atomic E-state index is 12.8. The molecule has 3 aromatic rings. The minimum Gasteiger partial charge on any atom is -0.486 e. The Morgan fingerprint density at radius 1 is 1.21 bits per heavy atom. The number of methoxy groups -OCH3 is 1. The van der Waals surface area contributed by atoms with Crippen molar-refractivity contribution in [2.75, 3.05) is 40.0 Å². The molecule has 1 aliphatic heterocycles. The summed E-state index contributed by atoms with van der Waals surface area (Å²) in [7, 11) is 1.63. The van der Waals surface area contributed by atoms with Gasteiger partial charge in [-0.1, -0.05) is 6.07 Å². The fourth-order valence-corrected chi connectivity index (χ4v) is 3.60. The lowest BCUT2D eigenvalue weighted by molar-refractivity contribution is 0.0875. The van der Waals surface area contributed by atoms with Crippen molar-refractivity contribution in [3.05, 3.63) is 47.2 Å². The number of aromatic nitrogens is 2. The number of carbonyl (C=O) groups excluding carboxylic acids is 1. The summed E-state index contributed by atoms with van der Waals surface area (Å²) < 4.78 is 22.0. The molecule has 1 aliphatic rings. The molecule has 0 saturated carbocycles. The van der Waals surface area contributed by atoms with Crippen molar-refractivity contribution < 1.29 is 23.4 Å². The Balaban J connectivity index is 1.44. The topological polar surface area (TPSA) is 86.9 Å². The second-order valence-electron chi connectivity index (χ2n) is 6.46. The molecule has 0 unspecified atom stereocenters. The molecule has 0 aliphatic carbocycles. The number of ketones is 1. The molecule has 2 aromatic heterocycles. The lowest BCUT2D eigenvalue weighted by Gasteiger charge is -2.21. The summed E-state index contributed by atoms with van der Waals surface area (Å²) in [5.41, 5.74) is 0.571. The third-order valence-electron chi connectivity index (χ3n) is 4.40. The number of benzene rings is 1. The van der Waals surface area contributed by atoms with Crippen LogP contribution < -0.4 is 9.47 Å². The molecule has 0 amide bonds. The second-order valence-corrected chi connectivity index (χ2v) is 7.41. The molecule has 0 saturated heterocycles. The van der Waals surface area contributed by atoms with Gasteiger partial charge < -0.3 is 18.6 Å². The Bertz CT molecular complexity index is 957. The van der Waals surface area contributed by atoms with Crippen LogP contribution in [0.4, 0.5) is 0 Å². The molecular weight excluding hydrogens is 394 g/mol. The van der Waals surface area contributed by atoms with Gasteiger partial charge in [-0.25, -0.2) is 0 Å². The molecule has 0 spiro atoms. The Labute approximate surface area is 172 Å². The van der Waals surface area contributed by atoms with Crippen LogP contribution in [0.2, 0.25) is 0 Å². The van der Waals surface area contributed by atoms with Crippen molar-refractivity contribution in [1.82, 2.24) is 15.1 Å². The number of ether oxygens (including phenoxy) is 3. The molecule has 8 nitrogen and oxygen atoms in total. The first kappa shape index (κ1) is 19.6. The van der Waals surface area contributed by atoms with Gasteiger partial charge in [0.05, 0.1) is 24.6 Å². The first-order valence-electron chi connectivity index (χ1n) is 9.23. The van der Waals surface area contributed by atoms with E-state index in [0.717, 1.165) is 4.88 Å². The van der Waals surface area contributed by atoms with Crippen molar-refractivity contribution in [3.8, 4) is 22.3 Å². The SMILES string of the molecule is COCCN(CC(=O)c1ccc2c(c1)OCCO2)Cc1nnc(-c2cccs2)o1. The third kappa shape index (κ3) is 4.81. The second kappa shape index (κ2) is 9.17. The minimum absolute atomic E-state index is 0.0314. The summed E-state index contributed by atoms with van der Waals surface area (Å²) in [5.74, 6) is 2.18. The molecule has 0 N–H and O–H groups in total. The predicted octanol–water partition coefficient (Wildman–Crippen LogP) is 2.90. The highest BCUT2D eigenvalue weighted by molar-refractivity contribution is 7.13. The Morgan fingerprint density at radius 3 is 2.86 bits per heavy atom. The van der Waals surface area contributed by atoms with Crippen LogP contribution in [0.1, 0.15) is 16.2 Å². The molecule has 0 atom stereocenters. The third-order valence-corrected chi connectivity index (χ3v) is 5.26. The van der Waals surface area contributed by atoms with Gasteiger partial charge in [0.15, 0.2) is 17.3 Å². The van der Waals surface area contributed by atoms with Gasteiger partial charge in [-0.15, -0.1) is 21.5 Å². The fourth-order valence-electron chi connectivity index (χ4n) is 2.95. The van der Waals surface area contributed by atoms with Crippen molar-refractivity contribution in [2.24, 2.45) is 0 Å². The zero-order valence-corrected chi connectivity index (χ0v) is 16.8. The zero-order chi connectivity index (χ0) is 20.1. The number of fused-ring (bicyclic) bond motifs is 1. The summed E-state index contributed by atoms with van der Waals surface area (Å²) in [6.07, 6.45) is 0. The van der Waals surface area contributed by atoms with E-state index in [1.165, 1.54) is 11.3 Å². The number of carbonyl (C=O) groups is 1. The number of thiophene rings is 1. The minimum atomic E-state index is -0.0314. The van der Waals surface area contributed by atoms with Crippen LogP contribution in [0.3, 0.4) is 0 Å². The van der Waals surface area contributed by atoms with Crippen molar-refractivity contribution in [3.63, 3.8) is 0 Å². The molecule has 1 aromatic carbocycles. The highest BCUT2D eigenvalue weighted by Gasteiger charge is 2.19. The molecule has 152 valence electrons. The summed E-state index contributed by atoms with van der Waals surface area (Å²) in [5, 5.41) is 10.2. The largest absolute Gasteiger partial charge is 0.486 e. The van der Waals surface area contributed by atoms with Gasteiger partial charge in [-0.2, -0.15) is 0 Å². The highest BCUT2D eigenvalue weighted by Crippen LogP contribution is 2.31. The van der Waals surface area contributed by atoms with Crippen LogP contribution in [0.15, 0.2) is 40.1 Å². The van der Waals surface area contributed by atoms with Gasteiger partial charge in [-0.05, 0) is 29.6 Å². The fraction of sp³-hybridized carbons (Fsp3) is 0.350. The van der Waals surface area contributed by atoms with Gasteiger partial charge in [0.2, 0.25) is 5.89 Å². The average Bonchev–Trinajstić information content (AvgIpc) is 3.43. The van der Waals surface area contributed by atoms with Crippen molar-refractivity contribution in [2.45, 2.75) is 6.54 Å². The van der Waals surface area contributed by atoms with Gasteiger partial charge in [-0.3, -0.25) is 9.69 Å². The lowest BCUT2D eigenvalue weighted by Crippen LogP contribution is -2.32. The maximum Gasteiger partial charge on any atom is 0.257 e. The van der Waals surface area contributed by atoms with Crippen LogP contribution in [0.5, 0.6) is 11.5 Å². The zero-order valence-electron chi connectivity index (χ0n) is 16.0. The van der Waals surface area contributed by atoms with Gasteiger partial charge in [0, 0.05) is 19.2 Å². The molecule has 0 fully saturated rings. The van der Waals surface area contributed by atoms with Crippen LogP contribution in [0.25, 0.3) is 10.8 Å². The number of Topliss-reactive ketones (excluding diaryl/α,β-unsaturated/α-hetero) is 1. The Morgan fingerprint density at radius 2 is 2.07 bits per heavy atom. The average molecular weight is 415 g/mol. The van der Waals surface area contributed by atoms with Crippen molar-refractivity contribution >= 4 is 17.1 Å². The van der Waals surface area contributed by atoms with Gasteiger partial charge in [0.25, 0.3) is 5.89 Å². The van der Waals surface area contributed by atoms with E-state index in [2.05, 4.69) is 10.2 Å². The van der Waals surface area contributed by atoms with E-state index in [1.807, 2.05) is 22.4 Å². The molecule has 3 heterocycles. The maximum absolute atomic E-state index is 12.8. The summed E-state index contributed by atoms with van der Waals surface area (Å²) >= 11 is 1.54. The van der Waals surface area contributed by atoms with E-state index >= 15 is 0 Å². The van der Waals surface area contributed by atoms with Crippen molar-refractivity contribution in [1.29, 1.82) is 0 Å². The monoisotopic (exact) mass is 415 g/mol. The van der Waals surface area contributed by atoms with E-state index in [1.54, 1.807) is 25.3 Å². The van der Waals surface area contributed by atoms with E-state index in [-0.39, 0.29) is 12.3 Å². The van der Waals surface area contributed by atoms with Crippen LogP contribution >= 0.6 is 11.3 Å². The van der Waals surface area contributed by atoms with Gasteiger partial charge >= 0.3 is 0 Å². The highest BCUT2D eigenvalue weighted by atomic mass is 32.1. The summed E-state index contributed by atoms with van der Waals surface area (Å²) in [6, 6.07) is 9.11. The van der Waals surface area contributed by atoms with Crippen LogP contribution in [0, 0.1) is 0 Å². The number of hydrogen-bond donors (Lipinski definition) is 0. The first-order valence-corrected chi connectivity index (χ1v) is 10.1. The molecule has 29 heavy (non-hydrogen) atoms. The quantitative estimate of drug-likeness (QED) is 0.493. The normalized spacial score (nSPS) is 13.0. The van der Waals surface area contributed by atoms with E-state index in [9.17, 15) is 4.79 Å². The standard InChI is InChI=1S/C20H21N3O5S/c1-25-7-6-23(13-19-21-22-20(28-19)18-3-2-10-29-18)12-15(24)14-4-5-16-17(11-14)27-9-8-26-16/h2-5,10-11H,6-9,12-13H2,1H3. The molecular formula is C20H21N3O5S. The lowest BCUT2D eigenvalue weighted by atomic mass is 10.1. The van der Waals surface area contributed by atoms with Crippen LogP contribution in [-0.2, 0) is 11.3 Å².